The van der Waals surface area contributed by atoms with Gasteiger partial charge in [0, 0.05) is 30.1 Å². The highest BCUT2D eigenvalue weighted by Gasteiger charge is 2.32. The molecule has 8 heteroatoms. The van der Waals surface area contributed by atoms with Gasteiger partial charge >= 0.3 is 0 Å². The van der Waals surface area contributed by atoms with Crippen LogP contribution in [0.2, 0.25) is 0 Å². The number of thioether (sulfide) groups is 1. The summed E-state index contributed by atoms with van der Waals surface area (Å²) in [7, 11) is 3.45. The van der Waals surface area contributed by atoms with Crippen molar-refractivity contribution in [3.63, 3.8) is 0 Å². The second-order valence-electron chi connectivity index (χ2n) is 6.58. The molecular weight excluding hydrogens is 364 g/mol. The van der Waals surface area contributed by atoms with E-state index in [1.54, 1.807) is 18.0 Å². The highest BCUT2D eigenvalue weighted by Crippen LogP contribution is 2.27. The van der Waals surface area contributed by atoms with Gasteiger partial charge in [0.2, 0.25) is 11.8 Å². The van der Waals surface area contributed by atoms with Crippen molar-refractivity contribution in [3.05, 3.63) is 42.2 Å². The fourth-order valence-electron chi connectivity index (χ4n) is 3.08. The molecule has 1 fully saturated rings. The van der Waals surface area contributed by atoms with Crippen LogP contribution in [0.25, 0.3) is 0 Å². The van der Waals surface area contributed by atoms with E-state index in [9.17, 15) is 9.59 Å². The lowest BCUT2D eigenvalue weighted by Gasteiger charge is -2.33. The van der Waals surface area contributed by atoms with Gasteiger partial charge in [0.25, 0.3) is 0 Å². The lowest BCUT2D eigenvalue weighted by Crippen LogP contribution is -2.51. The van der Waals surface area contributed by atoms with Gasteiger partial charge in [0.15, 0.2) is 0 Å². The van der Waals surface area contributed by atoms with Crippen LogP contribution in [-0.4, -0.2) is 40.0 Å². The molecule has 0 unspecified atom stereocenters. The van der Waals surface area contributed by atoms with Crippen LogP contribution in [0.5, 0.6) is 5.75 Å². The van der Waals surface area contributed by atoms with E-state index in [-0.39, 0.29) is 29.1 Å². The van der Waals surface area contributed by atoms with Gasteiger partial charge in [-0.3, -0.25) is 14.3 Å². The van der Waals surface area contributed by atoms with Crippen LogP contribution < -0.4 is 15.4 Å². The zero-order chi connectivity index (χ0) is 19.4. The predicted molar refractivity (Wildman–Crippen MR) is 104 cm³/mol. The minimum atomic E-state index is -0.262. The number of amides is 2. The Morgan fingerprint density at radius 3 is 2.78 bits per heavy atom. The average Bonchev–Trinajstić information content (AvgIpc) is 3.10. The summed E-state index contributed by atoms with van der Waals surface area (Å²) in [5.74, 6) is 0.731. The Kier molecular flexibility index (Phi) is 6.05. The molecule has 27 heavy (non-hydrogen) atoms. The Labute approximate surface area is 162 Å². The SMILES string of the molecule is COc1ccc(S[C@@H](C)C(=O)N[C@H]2CCC(=O)N[C@H]2c2cnn(C)c2)cc1. The number of methoxy groups -OCH3 is 1. The number of ether oxygens (including phenoxy) is 1. The Hall–Kier alpha value is -2.48. The number of benzene rings is 1. The fourth-order valence-corrected chi connectivity index (χ4v) is 3.96. The third-order valence-corrected chi connectivity index (χ3v) is 5.67. The molecule has 3 atom stereocenters. The molecule has 1 aliphatic heterocycles. The number of rotatable bonds is 6. The van der Waals surface area contributed by atoms with Crippen LogP contribution in [0, 0.1) is 0 Å². The largest absolute Gasteiger partial charge is 0.497 e. The maximum absolute atomic E-state index is 12.7. The summed E-state index contributed by atoms with van der Waals surface area (Å²) in [6.45, 7) is 1.88. The van der Waals surface area contributed by atoms with Gasteiger partial charge in [-0.15, -0.1) is 11.8 Å². The molecule has 1 aromatic heterocycles. The van der Waals surface area contributed by atoms with Crippen molar-refractivity contribution in [2.24, 2.45) is 7.05 Å². The molecule has 0 radical (unpaired) electrons. The first-order valence-electron chi connectivity index (χ1n) is 8.85. The second-order valence-corrected chi connectivity index (χ2v) is 8.00. The van der Waals surface area contributed by atoms with E-state index in [1.807, 2.05) is 44.4 Å². The van der Waals surface area contributed by atoms with Gasteiger partial charge in [-0.1, -0.05) is 0 Å². The van der Waals surface area contributed by atoms with Crippen LogP contribution in [0.3, 0.4) is 0 Å². The zero-order valence-corrected chi connectivity index (χ0v) is 16.5. The van der Waals surface area contributed by atoms with Crippen molar-refractivity contribution in [1.29, 1.82) is 0 Å². The minimum absolute atomic E-state index is 0.00462. The molecule has 0 aliphatic carbocycles. The first-order chi connectivity index (χ1) is 13.0. The predicted octanol–water partition coefficient (Wildman–Crippen LogP) is 2.05. The smallest absolute Gasteiger partial charge is 0.233 e. The lowest BCUT2D eigenvalue weighted by atomic mass is 9.93. The second kappa shape index (κ2) is 8.47. The van der Waals surface area contributed by atoms with Crippen LogP contribution >= 0.6 is 11.8 Å². The number of aryl methyl sites for hydroxylation is 1. The maximum Gasteiger partial charge on any atom is 0.233 e. The summed E-state index contributed by atoms with van der Waals surface area (Å²) in [5.41, 5.74) is 0.895. The van der Waals surface area contributed by atoms with Crippen molar-refractivity contribution in [1.82, 2.24) is 20.4 Å². The summed E-state index contributed by atoms with van der Waals surface area (Å²) in [4.78, 5) is 25.6. The monoisotopic (exact) mass is 388 g/mol. The molecule has 0 bridgehead atoms. The van der Waals surface area contributed by atoms with Crippen LogP contribution in [0.15, 0.2) is 41.6 Å². The number of nitrogens with zero attached hydrogens (tertiary/aromatic N) is 2. The van der Waals surface area contributed by atoms with E-state index in [2.05, 4.69) is 15.7 Å². The van der Waals surface area contributed by atoms with Gasteiger partial charge in [-0.2, -0.15) is 5.10 Å². The van der Waals surface area contributed by atoms with Gasteiger partial charge in [-0.05, 0) is 37.6 Å². The molecule has 2 N–H and O–H groups in total. The Bertz CT molecular complexity index is 806. The molecule has 1 saturated heterocycles. The first-order valence-corrected chi connectivity index (χ1v) is 9.73. The average molecular weight is 388 g/mol. The lowest BCUT2D eigenvalue weighted by molar-refractivity contribution is -0.126. The van der Waals surface area contributed by atoms with E-state index >= 15 is 0 Å². The molecule has 1 aliphatic rings. The standard InChI is InChI=1S/C19H24N4O3S/c1-12(27-15-6-4-14(26-3)5-7-15)19(25)21-16-8-9-17(24)22-18(16)13-10-20-23(2)11-13/h4-7,10-12,16,18H,8-9H2,1-3H3,(H,21,25)(H,22,24)/t12-,16-,18-/m0/s1. The van der Waals surface area contributed by atoms with Crippen molar-refractivity contribution in [2.75, 3.05) is 7.11 Å². The van der Waals surface area contributed by atoms with Gasteiger partial charge in [0.1, 0.15) is 5.75 Å². The van der Waals surface area contributed by atoms with E-state index in [0.717, 1.165) is 16.2 Å². The Balaban J connectivity index is 1.64. The fraction of sp³-hybridized carbons (Fsp3) is 0.421. The van der Waals surface area contributed by atoms with E-state index in [1.165, 1.54) is 11.8 Å². The Morgan fingerprint density at radius 2 is 2.15 bits per heavy atom. The topological polar surface area (TPSA) is 85.2 Å². The molecule has 2 heterocycles. The van der Waals surface area contributed by atoms with Crippen molar-refractivity contribution in [3.8, 4) is 5.75 Å². The number of nitrogens with one attached hydrogen (secondary N) is 2. The number of hydrogen-bond acceptors (Lipinski definition) is 5. The molecule has 2 amide bonds. The number of carbonyl (C=O) groups excluding carboxylic acids is 2. The van der Waals surface area contributed by atoms with E-state index in [4.69, 9.17) is 4.74 Å². The summed E-state index contributed by atoms with van der Waals surface area (Å²) in [5, 5.41) is 9.99. The van der Waals surface area contributed by atoms with Crippen LogP contribution in [0.1, 0.15) is 31.4 Å². The zero-order valence-electron chi connectivity index (χ0n) is 15.6. The molecule has 144 valence electrons. The summed E-state index contributed by atoms with van der Waals surface area (Å²) >= 11 is 1.49. The number of piperidine rings is 1. The van der Waals surface area contributed by atoms with Crippen molar-refractivity contribution < 1.29 is 14.3 Å². The quantitative estimate of drug-likeness (QED) is 0.740. The molecule has 3 rings (SSSR count). The molecule has 0 saturated carbocycles. The van der Waals surface area contributed by atoms with Crippen molar-refractivity contribution in [2.45, 2.75) is 42.0 Å². The maximum atomic E-state index is 12.7. The minimum Gasteiger partial charge on any atom is -0.497 e. The van der Waals surface area contributed by atoms with Crippen molar-refractivity contribution >= 4 is 23.6 Å². The highest BCUT2D eigenvalue weighted by atomic mass is 32.2. The molecule has 1 aromatic carbocycles. The molecule has 2 aromatic rings. The van der Waals surface area contributed by atoms with Gasteiger partial charge < -0.3 is 15.4 Å². The third kappa shape index (κ3) is 4.82. The van der Waals surface area contributed by atoms with E-state index < -0.39 is 0 Å². The Morgan fingerprint density at radius 1 is 1.41 bits per heavy atom. The molecule has 7 nitrogen and oxygen atoms in total. The summed E-state index contributed by atoms with van der Waals surface area (Å²) < 4.78 is 6.85. The number of carbonyl (C=O) groups is 2. The number of aromatic nitrogens is 2. The summed E-state index contributed by atoms with van der Waals surface area (Å²) in [6.07, 6.45) is 4.61. The molecule has 0 spiro atoms. The number of hydrogen-bond donors (Lipinski definition) is 2. The molecular formula is C19H24N4O3S. The summed E-state index contributed by atoms with van der Waals surface area (Å²) in [6, 6.07) is 7.21. The normalized spacial score (nSPS) is 20.6. The first kappa shape index (κ1) is 19.3. The van der Waals surface area contributed by atoms with Gasteiger partial charge in [-0.25, -0.2) is 0 Å². The van der Waals surface area contributed by atoms with Gasteiger partial charge in [0.05, 0.1) is 30.6 Å². The van der Waals surface area contributed by atoms with E-state index in [0.29, 0.717) is 12.8 Å². The van der Waals surface area contributed by atoms with Crippen LogP contribution in [0.4, 0.5) is 0 Å². The highest BCUT2D eigenvalue weighted by molar-refractivity contribution is 8.00. The third-order valence-electron chi connectivity index (χ3n) is 4.55. The van der Waals surface area contributed by atoms with Crippen LogP contribution in [-0.2, 0) is 16.6 Å².